The summed E-state index contributed by atoms with van der Waals surface area (Å²) < 4.78 is 6.13. The number of nitrogens with one attached hydrogen (secondary N) is 2. The second kappa shape index (κ2) is 6.19. The maximum Gasteiger partial charge on any atom is 0.228 e. The van der Waals surface area contributed by atoms with Gasteiger partial charge in [-0.2, -0.15) is 0 Å². The van der Waals surface area contributed by atoms with Gasteiger partial charge in [-0.15, -0.1) is 0 Å². The number of carbonyl (C=O) groups is 1. The fourth-order valence-corrected chi connectivity index (χ4v) is 2.80. The molecule has 3 aromatic rings. The number of halogens is 1. The van der Waals surface area contributed by atoms with Gasteiger partial charge in [0.05, 0.1) is 29.9 Å². The van der Waals surface area contributed by atoms with Gasteiger partial charge in [-0.3, -0.25) is 9.78 Å². The number of benzene rings is 1. The van der Waals surface area contributed by atoms with Crippen molar-refractivity contribution in [3.05, 3.63) is 52.9 Å². The molecular weight excluding hydrogens is 346 g/mol. The van der Waals surface area contributed by atoms with Crippen molar-refractivity contribution in [1.29, 1.82) is 0 Å². The Morgan fingerprint density at radius 1 is 1.45 bits per heavy atom. The van der Waals surface area contributed by atoms with Crippen LogP contribution >= 0.6 is 15.9 Å². The standard InChI is InChI=1S/C16H14BrN3O2/c1-22-15-7-14-12(6-13(15)17)10(8-19-14)5-16(21)20-11-3-2-4-18-9-11/h2-4,6-9,19H,5H2,1H3,(H,20,21). The smallest absolute Gasteiger partial charge is 0.228 e. The van der Waals surface area contributed by atoms with Gasteiger partial charge in [0.25, 0.3) is 0 Å². The lowest BCUT2D eigenvalue weighted by Gasteiger charge is -2.05. The molecule has 0 atom stereocenters. The number of nitrogens with zero attached hydrogens (tertiary/aromatic N) is 1. The zero-order valence-corrected chi connectivity index (χ0v) is 13.5. The molecule has 22 heavy (non-hydrogen) atoms. The zero-order chi connectivity index (χ0) is 15.5. The van der Waals surface area contributed by atoms with Gasteiger partial charge in [0.15, 0.2) is 0 Å². The van der Waals surface area contributed by atoms with Crippen LogP contribution in [0.1, 0.15) is 5.56 Å². The minimum absolute atomic E-state index is 0.0826. The van der Waals surface area contributed by atoms with Gasteiger partial charge < -0.3 is 15.0 Å². The number of H-pyrrole nitrogens is 1. The minimum atomic E-state index is -0.0826. The highest BCUT2D eigenvalue weighted by Crippen LogP contribution is 2.31. The lowest BCUT2D eigenvalue weighted by atomic mass is 10.1. The van der Waals surface area contributed by atoms with Crippen molar-refractivity contribution in [2.24, 2.45) is 0 Å². The number of methoxy groups -OCH3 is 1. The Bertz CT molecular complexity index is 815. The van der Waals surface area contributed by atoms with Gasteiger partial charge in [0, 0.05) is 29.4 Å². The monoisotopic (exact) mass is 359 g/mol. The molecule has 0 saturated carbocycles. The number of amides is 1. The first kappa shape index (κ1) is 14.6. The number of carbonyl (C=O) groups excluding carboxylic acids is 1. The summed E-state index contributed by atoms with van der Waals surface area (Å²) in [5.74, 6) is 0.668. The van der Waals surface area contributed by atoms with E-state index < -0.39 is 0 Å². The molecule has 5 nitrogen and oxygen atoms in total. The van der Waals surface area contributed by atoms with Crippen LogP contribution in [0.15, 0.2) is 47.3 Å². The molecule has 0 aliphatic heterocycles. The highest BCUT2D eigenvalue weighted by Gasteiger charge is 2.12. The molecular formula is C16H14BrN3O2. The number of rotatable bonds is 4. The van der Waals surface area contributed by atoms with Crippen molar-refractivity contribution in [3.8, 4) is 5.75 Å². The molecule has 0 radical (unpaired) electrons. The number of ether oxygens (including phenoxy) is 1. The van der Waals surface area contributed by atoms with Crippen LogP contribution < -0.4 is 10.1 Å². The van der Waals surface area contributed by atoms with E-state index in [4.69, 9.17) is 4.74 Å². The Morgan fingerprint density at radius 2 is 2.32 bits per heavy atom. The summed E-state index contributed by atoms with van der Waals surface area (Å²) in [7, 11) is 1.62. The van der Waals surface area contributed by atoms with Crippen LogP contribution in [0.4, 0.5) is 5.69 Å². The van der Waals surface area contributed by atoms with Crippen LogP contribution in [-0.4, -0.2) is 23.0 Å². The largest absolute Gasteiger partial charge is 0.495 e. The van der Waals surface area contributed by atoms with Gasteiger partial charge >= 0.3 is 0 Å². The third kappa shape index (κ3) is 2.96. The first-order chi connectivity index (χ1) is 10.7. The molecule has 0 aliphatic rings. The fourth-order valence-electron chi connectivity index (χ4n) is 2.30. The Balaban J connectivity index is 1.82. The van der Waals surface area contributed by atoms with Crippen LogP contribution in [0.25, 0.3) is 10.9 Å². The van der Waals surface area contributed by atoms with E-state index in [9.17, 15) is 4.79 Å². The van der Waals surface area contributed by atoms with Crippen molar-refractivity contribution in [3.63, 3.8) is 0 Å². The number of fused-ring (bicyclic) bond motifs is 1. The molecule has 112 valence electrons. The van der Waals surface area contributed by atoms with Gasteiger partial charge in [0.1, 0.15) is 5.75 Å². The van der Waals surface area contributed by atoms with E-state index in [1.54, 1.807) is 25.6 Å². The number of aromatic amines is 1. The molecule has 2 N–H and O–H groups in total. The average Bonchev–Trinajstić information content (AvgIpc) is 2.89. The number of anilines is 1. The first-order valence-corrected chi connectivity index (χ1v) is 7.50. The third-order valence-corrected chi connectivity index (χ3v) is 3.96. The van der Waals surface area contributed by atoms with Gasteiger partial charge in [0.2, 0.25) is 5.91 Å². The fraction of sp³-hybridized carbons (Fsp3) is 0.125. The van der Waals surface area contributed by atoms with Gasteiger partial charge in [-0.05, 0) is 39.7 Å². The van der Waals surface area contributed by atoms with E-state index in [0.29, 0.717) is 5.69 Å². The molecule has 0 saturated heterocycles. The van der Waals surface area contributed by atoms with Crippen molar-refractivity contribution >= 4 is 38.4 Å². The highest BCUT2D eigenvalue weighted by atomic mass is 79.9. The predicted octanol–water partition coefficient (Wildman–Crippen LogP) is 3.52. The summed E-state index contributed by atoms with van der Waals surface area (Å²) in [6.45, 7) is 0. The summed E-state index contributed by atoms with van der Waals surface area (Å²) in [6.07, 6.45) is 5.42. The molecule has 2 aromatic heterocycles. The van der Waals surface area contributed by atoms with Gasteiger partial charge in [-0.25, -0.2) is 0 Å². The summed E-state index contributed by atoms with van der Waals surface area (Å²) in [4.78, 5) is 19.3. The summed E-state index contributed by atoms with van der Waals surface area (Å²) in [6, 6.07) is 7.45. The van der Waals surface area contributed by atoms with E-state index >= 15 is 0 Å². The number of hydrogen-bond acceptors (Lipinski definition) is 3. The van der Waals surface area contributed by atoms with Crippen molar-refractivity contribution < 1.29 is 9.53 Å². The third-order valence-electron chi connectivity index (χ3n) is 3.34. The molecule has 0 spiro atoms. The maximum absolute atomic E-state index is 12.1. The Hall–Kier alpha value is -2.34. The van der Waals surface area contributed by atoms with Crippen LogP contribution in [-0.2, 0) is 11.2 Å². The Morgan fingerprint density at radius 3 is 3.05 bits per heavy atom. The first-order valence-electron chi connectivity index (χ1n) is 6.71. The van der Waals surface area contributed by atoms with E-state index in [2.05, 4.69) is 31.2 Å². The molecule has 0 unspecified atom stereocenters. The summed E-state index contributed by atoms with van der Waals surface area (Å²) in [5, 5.41) is 3.82. The normalized spacial score (nSPS) is 10.6. The Labute approximate surface area is 135 Å². The van der Waals surface area contributed by atoms with Crippen molar-refractivity contribution in [1.82, 2.24) is 9.97 Å². The quantitative estimate of drug-likeness (QED) is 0.748. The van der Waals surface area contributed by atoms with Crippen LogP contribution in [0.5, 0.6) is 5.75 Å². The molecule has 0 aliphatic carbocycles. The molecule has 2 heterocycles. The number of pyridine rings is 1. The SMILES string of the molecule is COc1cc2[nH]cc(CC(=O)Nc3cccnc3)c2cc1Br. The van der Waals surface area contributed by atoms with E-state index in [-0.39, 0.29) is 12.3 Å². The minimum Gasteiger partial charge on any atom is -0.495 e. The number of aromatic nitrogens is 2. The second-order valence-electron chi connectivity index (χ2n) is 4.81. The number of hydrogen-bond donors (Lipinski definition) is 2. The summed E-state index contributed by atoms with van der Waals surface area (Å²) >= 11 is 3.47. The lowest BCUT2D eigenvalue weighted by molar-refractivity contribution is -0.115. The molecule has 1 amide bonds. The maximum atomic E-state index is 12.1. The van der Waals surface area contributed by atoms with Crippen LogP contribution in [0.2, 0.25) is 0 Å². The molecule has 3 rings (SSSR count). The van der Waals surface area contributed by atoms with Crippen LogP contribution in [0.3, 0.4) is 0 Å². The van der Waals surface area contributed by atoms with E-state index in [0.717, 1.165) is 26.7 Å². The molecule has 0 bridgehead atoms. The predicted molar refractivity (Wildman–Crippen MR) is 89.1 cm³/mol. The second-order valence-corrected chi connectivity index (χ2v) is 5.67. The topological polar surface area (TPSA) is 67.0 Å². The van der Waals surface area contributed by atoms with E-state index in [1.807, 2.05) is 24.4 Å². The highest BCUT2D eigenvalue weighted by molar-refractivity contribution is 9.10. The zero-order valence-electron chi connectivity index (χ0n) is 11.9. The molecule has 6 heteroatoms. The molecule has 1 aromatic carbocycles. The average molecular weight is 360 g/mol. The summed E-state index contributed by atoms with van der Waals surface area (Å²) in [5.41, 5.74) is 2.55. The van der Waals surface area contributed by atoms with E-state index in [1.165, 1.54) is 0 Å². The van der Waals surface area contributed by atoms with Crippen molar-refractivity contribution in [2.75, 3.05) is 12.4 Å². The molecule has 0 fully saturated rings. The Kier molecular flexibility index (Phi) is 4.11. The van der Waals surface area contributed by atoms with Crippen molar-refractivity contribution in [2.45, 2.75) is 6.42 Å². The van der Waals surface area contributed by atoms with Crippen LogP contribution in [0, 0.1) is 0 Å². The van der Waals surface area contributed by atoms with Gasteiger partial charge in [-0.1, -0.05) is 0 Å². The lowest BCUT2D eigenvalue weighted by Crippen LogP contribution is -2.14.